The van der Waals surface area contributed by atoms with Crippen LogP contribution in [0.5, 0.6) is 0 Å². The number of rotatable bonds is 5. The quantitative estimate of drug-likeness (QED) is 0.724. The molecule has 0 atom stereocenters. The smallest absolute Gasteiger partial charge is 0.293 e. The molecule has 1 aromatic rings. The maximum Gasteiger partial charge on any atom is 0.293 e. The van der Waals surface area contributed by atoms with Gasteiger partial charge in [-0.2, -0.15) is 0 Å². The van der Waals surface area contributed by atoms with Gasteiger partial charge in [0.15, 0.2) is 0 Å². The van der Waals surface area contributed by atoms with Gasteiger partial charge in [0.1, 0.15) is 0 Å². The van der Waals surface area contributed by atoms with Crippen LogP contribution >= 0.6 is 0 Å². The summed E-state index contributed by atoms with van der Waals surface area (Å²) in [5.41, 5.74) is 1.32. The first-order valence-electron chi connectivity index (χ1n) is 6.13. The molecule has 0 amide bonds. The predicted octanol–water partition coefficient (Wildman–Crippen LogP) is 3.68. The average molecular weight is 232 g/mol. The van der Waals surface area contributed by atoms with Crippen molar-refractivity contribution in [2.75, 3.05) is 6.61 Å². The molecule has 0 aromatic heterocycles. The Kier molecular flexibility index (Phi) is 6.80. The fourth-order valence-corrected chi connectivity index (χ4v) is 1.38. The van der Waals surface area contributed by atoms with E-state index in [4.69, 9.17) is 0 Å². The Labute approximate surface area is 103 Å². The molecule has 2 heteroatoms. The highest BCUT2D eigenvalue weighted by Crippen LogP contribution is 2.32. The summed E-state index contributed by atoms with van der Waals surface area (Å²) >= 11 is 0. The summed E-state index contributed by atoms with van der Waals surface area (Å²) < 4.78 is 4.15. The van der Waals surface area contributed by atoms with Crippen LogP contribution in [0, 0.1) is 5.92 Å². The van der Waals surface area contributed by atoms with Crippen molar-refractivity contribution in [2.45, 2.75) is 26.2 Å². The van der Waals surface area contributed by atoms with Crippen LogP contribution in [0.25, 0.3) is 6.08 Å². The molecule has 0 bridgehead atoms. The molecule has 1 aliphatic rings. The summed E-state index contributed by atoms with van der Waals surface area (Å²) in [6.45, 7) is 2.66. The van der Waals surface area contributed by atoms with Gasteiger partial charge < -0.3 is 4.74 Å². The van der Waals surface area contributed by atoms with Gasteiger partial charge in [-0.1, -0.05) is 42.5 Å². The van der Waals surface area contributed by atoms with Crippen LogP contribution in [0.3, 0.4) is 0 Å². The maximum absolute atomic E-state index is 9.18. The first-order valence-corrected chi connectivity index (χ1v) is 6.13. The van der Waals surface area contributed by atoms with Crippen LogP contribution in [0.15, 0.2) is 36.4 Å². The minimum atomic E-state index is 0.431. The van der Waals surface area contributed by atoms with E-state index in [1.165, 1.54) is 24.8 Å². The van der Waals surface area contributed by atoms with Gasteiger partial charge in [-0.25, -0.2) is 0 Å². The number of benzene rings is 1. The first-order chi connectivity index (χ1) is 8.36. The highest BCUT2D eigenvalue weighted by molar-refractivity contribution is 5.48. The molecular formula is C15H20O2. The van der Waals surface area contributed by atoms with Gasteiger partial charge in [-0.15, -0.1) is 0 Å². The van der Waals surface area contributed by atoms with E-state index in [-0.39, 0.29) is 0 Å². The Morgan fingerprint density at radius 3 is 2.47 bits per heavy atom. The van der Waals surface area contributed by atoms with E-state index >= 15 is 0 Å². The first kappa shape index (κ1) is 13.5. The van der Waals surface area contributed by atoms with E-state index in [9.17, 15) is 4.79 Å². The zero-order valence-corrected chi connectivity index (χ0v) is 10.3. The molecule has 1 aliphatic carbocycles. The maximum atomic E-state index is 9.18. The molecule has 0 aliphatic heterocycles. The van der Waals surface area contributed by atoms with Crippen LogP contribution < -0.4 is 0 Å². The molecule has 92 valence electrons. The van der Waals surface area contributed by atoms with Gasteiger partial charge in [0.05, 0.1) is 6.61 Å². The van der Waals surface area contributed by atoms with Crippen molar-refractivity contribution in [1.82, 2.24) is 0 Å². The van der Waals surface area contributed by atoms with Crippen molar-refractivity contribution in [1.29, 1.82) is 0 Å². The van der Waals surface area contributed by atoms with Crippen molar-refractivity contribution in [3.63, 3.8) is 0 Å². The lowest BCUT2D eigenvalue weighted by atomic mass is 10.2. The third-order valence-corrected chi connectivity index (χ3v) is 2.51. The minimum absolute atomic E-state index is 0.431. The fraction of sp³-hybridized carbons (Fsp3) is 0.400. The molecule has 0 unspecified atom stereocenters. The van der Waals surface area contributed by atoms with Crippen LogP contribution in [0.4, 0.5) is 0 Å². The summed E-state index contributed by atoms with van der Waals surface area (Å²) in [5, 5.41) is 0. The highest BCUT2D eigenvalue weighted by atomic mass is 16.5. The van der Waals surface area contributed by atoms with Crippen molar-refractivity contribution in [3.8, 4) is 0 Å². The Hall–Kier alpha value is -1.57. The number of carbonyl (C=O) groups excluding carboxylic acids is 1. The van der Waals surface area contributed by atoms with E-state index < -0.39 is 0 Å². The lowest BCUT2D eigenvalue weighted by Crippen LogP contribution is -1.80. The van der Waals surface area contributed by atoms with E-state index in [1.807, 2.05) is 0 Å². The van der Waals surface area contributed by atoms with Crippen molar-refractivity contribution >= 4 is 12.5 Å². The number of allylic oxidation sites excluding steroid dienone is 1. The monoisotopic (exact) mass is 232 g/mol. The second-order valence-electron chi connectivity index (χ2n) is 4.04. The molecule has 1 fully saturated rings. The molecule has 2 nitrogen and oxygen atoms in total. The standard InChI is InChI=1S/C12H14.C3H6O2/c1-2-5-11(6-3-1)7-4-8-12-9-10-12;1-2-5-3-4/h1-7,12H,8-10H2;3H,2H2,1H3/b7-4+;. The summed E-state index contributed by atoms with van der Waals surface area (Å²) in [6, 6.07) is 10.5. The molecule has 17 heavy (non-hydrogen) atoms. The van der Waals surface area contributed by atoms with Crippen LogP contribution in [0.1, 0.15) is 31.7 Å². The lowest BCUT2D eigenvalue weighted by molar-refractivity contribution is -0.128. The SMILES string of the molecule is C(=C\c1ccccc1)/CC1CC1.CCOC=O. The number of ether oxygens (including phenoxy) is 1. The molecule has 0 radical (unpaired) electrons. The molecule has 0 spiro atoms. The van der Waals surface area contributed by atoms with Crippen LogP contribution in [-0.4, -0.2) is 13.1 Å². The van der Waals surface area contributed by atoms with E-state index in [0.29, 0.717) is 13.1 Å². The highest BCUT2D eigenvalue weighted by Gasteiger charge is 2.18. The van der Waals surface area contributed by atoms with Crippen LogP contribution in [0.2, 0.25) is 0 Å². The lowest BCUT2D eigenvalue weighted by Gasteiger charge is -1.90. The van der Waals surface area contributed by atoms with Gasteiger partial charge in [0, 0.05) is 0 Å². The fourth-order valence-electron chi connectivity index (χ4n) is 1.38. The summed E-state index contributed by atoms with van der Waals surface area (Å²) in [5.74, 6) is 1.00. The molecule has 1 aromatic carbocycles. The third-order valence-electron chi connectivity index (χ3n) is 2.51. The number of hydrogen-bond acceptors (Lipinski definition) is 2. The van der Waals surface area contributed by atoms with Gasteiger partial charge >= 0.3 is 0 Å². The zero-order valence-electron chi connectivity index (χ0n) is 10.3. The van der Waals surface area contributed by atoms with Crippen molar-refractivity contribution in [2.24, 2.45) is 5.92 Å². The number of hydrogen-bond donors (Lipinski definition) is 0. The molecule has 0 heterocycles. The Morgan fingerprint density at radius 1 is 1.29 bits per heavy atom. The Balaban J connectivity index is 0.000000249. The van der Waals surface area contributed by atoms with E-state index in [0.717, 1.165) is 5.92 Å². The van der Waals surface area contributed by atoms with E-state index in [1.54, 1.807) is 6.92 Å². The second kappa shape index (κ2) is 8.57. The van der Waals surface area contributed by atoms with Gasteiger partial charge in [-0.05, 0) is 37.7 Å². The van der Waals surface area contributed by atoms with E-state index in [2.05, 4.69) is 47.2 Å². The third kappa shape index (κ3) is 7.34. The number of carbonyl (C=O) groups is 1. The normalized spacial score (nSPS) is 13.9. The Bertz CT molecular complexity index is 326. The molecule has 0 N–H and O–H groups in total. The average Bonchev–Trinajstić information content (AvgIpc) is 3.16. The predicted molar refractivity (Wildman–Crippen MR) is 70.5 cm³/mol. The van der Waals surface area contributed by atoms with Crippen LogP contribution in [-0.2, 0) is 9.53 Å². The molecule has 2 rings (SSSR count). The summed E-state index contributed by atoms with van der Waals surface area (Å²) in [4.78, 5) is 9.18. The van der Waals surface area contributed by atoms with Gasteiger partial charge in [0.2, 0.25) is 0 Å². The van der Waals surface area contributed by atoms with Gasteiger partial charge in [0.25, 0.3) is 6.47 Å². The van der Waals surface area contributed by atoms with Crippen molar-refractivity contribution in [3.05, 3.63) is 42.0 Å². The summed E-state index contributed by atoms with van der Waals surface area (Å²) in [7, 11) is 0. The largest absolute Gasteiger partial charge is 0.468 e. The molecular weight excluding hydrogens is 212 g/mol. The van der Waals surface area contributed by atoms with Gasteiger partial charge in [-0.3, -0.25) is 4.79 Å². The zero-order chi connectivity index (χ0) is 12.3. The minimum Gasteiger partial charge on any atom is -0.468 e. The second-order valence-corrected chi connectivity index (χ2v) is 4.04. The summed E-state index contributed by atoms with van der Waals surface area (Å²) in [6.07, 6.45) is 8.68. The molecule has 0 saturated heterocycles. The molecule has 1 saturated carbocycles. The topological polar surface area (TPSA) is 26.3 Å². The Morgan fingerprint density at radius 2 is 2.00 bits per heavy atom. The van der Waals surface area contributed by atoms with Crippen molar-refractivity contribution < 1.29 is 9.53 Å².